The zero-order chi connectivity index (χ0) is 12.4. The molecule has 18 heavy (non-hydrogen) atoms. The molecule has 0 spiro atoms. The summed E-state index contributed by atoms with van der Waals surface area (Å²) < 4.78 is 0. The van der Waals surface area contributed by atoms with Gasteiger partial charge in [0.2, 0.25) is 0 Å². The third-order valence-corrected chi connectivity index (χ3v) is 2.77. The van der Waals surface area contributed by atoms with Crippen LogP contribution < -0.4 is 5.32 Å². The van der Waals surface area contributed by atoms with Gasteiger partial charge in [-0.2, -0.15) is 0 Å². The number of carbonyl (C=O) groups is 1. The second kappa shape index (κ2) is 4.33. The van der Waals surface area contributed by atoms with Crippen LogP contribution in [-0.4, -0.2) is 15.9 Å². The summed E-state index contributed by atoms with van der Waals surface area (Å²) >= 11 is 0. The van der Waals surface area contributed by atoms with Crippen molar-refractivity contribution in [2.24, 2.45) is 0 Å². The summed E-state index contributed by atoms with van der Waals surface area (Å²) in [7, 11) is 0. The molecule has 0 aliphatic heterocycles. The number of nitrogens with one attached hydrogen (secondary N) is 2. The van der Waals surface area contributed by atoms with Gasteiger partial charge in [0, 0.05) is 29.5 Å². The average molecular weight is 237 g/mol. The molecule has 0 saturated carbocycles. The number of benzene rings is 1. The smallest absolute Gasteiger partial charge is 0.257 e. The number of rotatable bonds is 2. The maximum atomic E-state index is 12.0. The number of aromatic amines is 1. The van der Waals surface area contributed by atoms with Crippen molar-refractivity contribution in [2.75, 3.05) is 5.32 Å². The van der Waals surface area contributed by atoms with E-state index >= 15 is 0 Å². The molecule has 4 nitrogen and oxygen atoms in total. The van der Waals surface area contributed by atoms with Crippen molar-refractivity contribution in [1.82, 2.24) is 9.97 Å². The Morgan fingerprint density at radius 3 is 2.94 bits per heavy atom. The summed E-state index contributed by atoms with van der Waals surface area (Å²) in [5, 5.41) is 3.88. The van der Waals surface area contributed by atoms with E-state index in [1.807, 2.05) is 30.5 Å². The maximum Gasteiger partial charge on any atom is 0.257 e. The van der Waals surface area contributed by atoms with Crippen molar-refractivity contribution in [3.8, 4) is 0 Å². The molecule has 0 atom stereocenters. The van der Waals surface area contributed by atoms with Gasteiger partial charge in [0.25, 0.3) is 5.91 Å². The topological polar surface area (TPSA) is 57.8 Å². The molecular weight excluding hydrogens is 226 g/mol. The largest absolute Gasteiger partial charge is 0.361 e. The molecule has 0 aliphatic rings. The van der Waals surface area contributed by atoms with E-state index in [0.717, 1.165) is 16.6 Å². The molecule has 0 unspecified atom stereocenters. The van der Waals surface area contributed by atoms with Crippen molar-refractivity contribution in [3.05, 3.63) is 60.6 Å². The molecule has 0 radical (unpaired) electrons. The van der Waals surface area contributed by atoms with Gasteiger partial charge >= 0.3 is 0 Å². The Kier molecular flexibility index (Phi) is 2.53. The van der Waals surface area contributed by atoms with Crippen molar-refractivity contribution >= 4 is 22.5 Å². The summed E-state index contributed by atoms with van der Waals surface area (Å²) in [5.41, 5.74) is 2.34. The number of hydrogen-bond acceptors (Lipinski definition) is 2. The van der Waals surface area contributed by atoms with E-state index in [1.54, 1.807) is 24.5 Å². The summed E-state index contributed by atoms with van der Waals surface area (Å²) in [6.07, 6.45) is 5.04. The summed E-state index contributed by atoms with van der Waals surface area (Å²) in [5.74, 6) is -0.156. The first-order valence-electron chi connectivity index (χ1n) is 5.62. The van der Waals surface area contributed by atoms with Crippen molar-refractivity contribution in [3.63, 3.8) is 0 Å². The number of nitrogens with zero attached hydrogens (tertiary/aromatic N) is 1. The molecule has 2 aromatic heterocycles. The quantitative estimate of drug-likeness (QED) is 0.720. The highest BCUT2D eigenvalue weighted by molar-refractivity contribution is 6.08. The van der Waals surface area contributed by atoms with E-state index in [1.165, 1.54) is 0 Å². The molecule has 1 amide bonds. The number of fused-ring (bicyclic) bond motifs is 1. The van der Waals surface area contributed by atoms with Crippen LogP contribution in [0.1, 0.15) is 10.4 Å². The van der Waals surface area contributed by atoms with Crippen LogP contribution in [-0.2, 0) is 0 Å². The van der Waals surface area contributed by atoms with Gasteiger partial charge in [-0.1, -0.05) is 6.07 Å². The molecule has 0 fully saturated rings. The normalized spacial score (nSPS) is 10.4. The van der Waals surface area contributed by atoms with E-state index in [9.17, 15) is 4.79 Å². The van der Waals surface area contributed by atoms with Gasteiger partial charge in [-0.25, -0.2) is 0 Å². The minimum Gasteiger partial charge on any atom is -0.361 e. The molecule has 2 heterocycles. The first-order valence-corrected chi connectivity index (χ1v) is 5.62. The highest BCUT2D eigenvalue weighted by Crippen LogP contribution is 2.22. The van der Waals surface area contributed by atoms with Crippen molar-refractivity contribution < 1.29 is 4.79 Å². The van der Waals surface area contributed by atoms with E-state index in [0.29, 0.717) is 5.56 Å². The summed E-state index contributed by atoms with van der Waals surface area (Å²) in [6.45, 7) is 0. The van der Waals surface area contributed by atoms with Crippen molar-refractivity contribution in [1.29, 1.82) is 0 Å². The Labute approximate surface area is 104 Å². The Bertz CT molecular complexity index is 688. The number of H-pyrrole nitrogens is 1. The fourth-order valence-corrected chi connectivity index (χ4v) is 1.89. The molecule has 88 valence electrons. The Morgan fingerprint density at radius 1 is 1.17 bits per heavy atom. The lowest BCUT2D eigenvalue weighted by molar-refractivity contribution is 0.102. The lowest BCUT2D eigenvalue weighted by Crippen LogP contribution is -2.12. The highest BCUT2D eigenvalue weighted by atomic mass is 16.1. The van der Waals surface area contributed by atoms with Crippen LogP contribution in [0.15, 0.2) is 55.0 Å². The molecule has 1 aromatic carbocycles. The van der Waals surface area contributed by atoms with E-state index < -0.39 is 0 Å². The van der Waals surface area contributed by atoms with Gasteiger partial charge < -0.3 is 10.3 Å². The Balaban J connectivity index is 1.93. The second-order valence-electron chi connectivity index (χ2n) is 3.94. The number of hydrogen-bond donors (Lipinski definition) is 2. The first-order chi connectivity index (χ1) is 8.84. The lowest BCUT2D eigenvalue weighted by Gasteiger charge is -2.06. The number of amides is 1. The SMILES string of the molecule is O=C(Nc1cccc2[nH]ccc12)c1cccnc1. The summed E-state index contributed by atoms with van der Waals surface area (Å²) in [4.78, 5) is 19.1. The van der Waals surface area contributed by atoms with Crippen LogP contribution in [0.4, 0.5) is 5.69 Å². The maximum absolute atomic E-state index is 12.0. The van der Waals surface area contributed by atoms with E-state index in [2.05, 4.69) is 15.3 Å². The minimum absolute atomic E-state index is 0.156. The van der Waals surface area contributed by atoms with E-state index in [-0.39, 0.29) is 5.91 Å². The molecule has 0 saturated heterocycles. The predicted molar refractivity (Wildman–Crippen MR) is 70.5 cm³/mol. The standard InChI is InChI=1S/C14H11N3O/c18-14(10-3-2-7-15-9-10)17-13-5-1-4-12-11(13)6-8-16-12/h1-9,16H,(H,17,18). The molecule has 2 N–H and O–H groups in total. The Hall–Kier alpha value is -2.62. The van der Waals surface area contributed by atoms with Crippen LogP contribution in [0.2, 0.25) is 0 Å². The summed E-state index contributed by atoms with van der Waals surface area (Å²) in [6, 6.07) is 11.2. The number of anilines is 1. The zero-order valence-corrected chi connectivity index (χ0v) is 9.55. The van der Waals surface area contributed by atoms with Crippen LogP contribution in [0.3, 0.4) is 0 Å². The van der Waals surface area contributed by atoms with Crippen molar-refractivity contribution in [2.45, 2.75) is 0 Å². The number of aromatic nitrogens is 2. The number of carbonyl (C=O) groups excluding carboxylic acids is 1. The van der Waals surface area contributed by atoms with Crippen LogP contribution in [0.25, 0.3) is 10.9 Å². The Morgan fingerprint density at radius 2 is 2.11 bits per heavy atom. The lowest BCUT2D eigenvalue weighted by atomic mass is 10.2. The fourth-order valence-electron chi connectivity index (χ4n) is 1.89. The van der Waals surface area contributed by atoms with Gasteiger partial charge in [-0.3, -0.25) is 9.78 Å². The highest BCUT2D eigenvalue weighted by Gasteiger charge is 2.08. The predicted octanol–water partition coefficient (Wildman–Crippen LogP) is 2.82. The molecule has 3 rings (SSSR count). The molecule has 3 aromatic rings. The third kappa shape index (κ3) is 1.84. The van der Waals surface area contributed by atoms with Crippen LogP contribution >= 0.6 is 0 Å². The van der Waals surface area contributed by atoms with Crippen LogP contribution in [0, 0.1) is 0 Å². The van der Waals surface area contributed by atoms with Crippen LogP contribution in [0.5, 0.6) is 0 Å². The first kappa shape index (κ1) is 10.5. The fraction of sp³-hybridized carbons (Fsp3) is 0. The average Bonchev–Trinajstić information content (AvgIpc) is 2.89. The third-order valence-electron chi connectivity index (χ3n) is 2.77. The molecule has 0 bridgehead atoms. The van der Waals surface area contributed by atoms with Gasteiger partial charge in [-0.05, 0) is 30.3 Å². The van der Waals surface area contributed by atoms with E-state index in [4.69, 9.17) is 0 Å². The van der Waals surface area contributed by atoms with Gasteiger partial charge in [0.05, 0.1) is 11.3 Å². The zero-order valence-electron chi connectivity index (χ0n) is 9.55. The molecule has 4 heteroatoms. The van der Waals surface area contributed by atoms with Gasteiger partial charge in [-0.15, -0.1) is 0 Å². The minimum atomic E-state index is -0.156. The number of pyridine rings is 1. The molecular formula is C14H11N3O. The second-order valence-corrected chi connectivity index (χ2v) is 3.94. The van der Waals surface area contributed by atoms with Gasteiger partial charge in [0.1, 0.15) is 0 Å². The van der Waals surface area contributed by atoms with Gasteiger partial charge in [0.15, 0.2) is 0 Å². The monoisotopic (exact) mass is 237 g/mol. The molecule has 0 aliphatic carbocycles.